The van der Waals surface area contributed by atoms with Gasteiger partial charge in [0, 0.05) is 35.2 Å². The highest BCUT2D eigenvalue weighted by Gasteiger charge is 2.52. The number of benzene rings is 4. The number of ether oxygens (including phenoxy) is 1. The fourth-order valence-corrected chi connectivity index (χ4v) is 7.23. The molecule has 3 amide bonds. The van der Waals surface area contributed by atoms with Gasteiger partial charge in [0.1, 0.15) is 5.75 Å². The molecule has 0 aliphatic carbocycles. The number of halogens is 1. The fraction of sp³-hybridized carbons (Fsp3) is 0.256. The molecule has 4 aromatic rings. The van der Waals surface area contributed by atoms with Crippen LogP contribution in [0.3, 0.4) is 0 Å². The van der Waals surface area contributed by atoms with Crippen molar-refractivity contribution in [1.29, 1.82) is 0 Å². The summed E-state index contributed by atoms with van der Waals surface area (Å²) in [5, 5.41) is 22.1. The minimum atomic E-state index is -1.91. The van der Waals surface area contributed by atoms with E-state index in [-0.39, 0.29) is 37.4 Å². The Kier molecular flexibility index (Phi) is 8.75. The normalized spacial score (nSPS) is 20.6. The molecule has 3 aliphatic heterocycles. The third kappa shape index (κ3) is 5.77. The minimum Gasteiger partial charge on any atom is -0.454 e. The van der Waals surface area contributed by atoms with E-state index in [9.17, 15) is 24.6 Å². The molecule has 49 heavy (non-hydrogen) atoms. The second-order valence-electron chi connectivity index (χ2n) is 12.7. The molecule has 0 spiro atoms. The third-order valence-electron chi connectivity index (χ3n) is 9.70. The van der Waals surface area contributed by atoms with E-state index < -0.39 is 17.4 Å². The lowest BCUT2D eigenvalue weighted by molar-refractivity contribution is -0.139. The van der Waals surface area contributed by atoms with Crippen molar-refractivity contribution in [2.24, 2.45) is 5.92 Å². The first-order valence-electron chi connectivity index (χ1n) is 16.4. The van der Waals surface area contributed by atoms with E-state index in [1.165, 1.54) is 0 Å². The Balaban J connectivity index is 1.13. The molecule has 0 saturated carbocycles. The predicted octanol–water partition coefficient (Wildman–Crippen LogP) is 6.72. The summed E-state index contributed by atoms with van der Waals surface area (Å²) in [5.74, 6) is -0.460. The number of hydrogen-bond acceptors (Lipinski definition) is 6. The van der Waals surface area contributed by atoms with Crippen LogP contribution in [0.15, 0.2) is 103 Å². The Morgan fingerprint density at radius 3 is 2.51 bits per heavy atom. The van der Waals surface area contributed by atoms with E-state index >= 15 is 0 Å². The van der Waals surface area contributed by atoms with Crippen molar-refractivity contribution in [3.63, 3.8) is 0 Å². The van der Waals surface area contributed by atoms with Crippen LogP contribution in [0.4, 0.5) is 17.1 Å². The number of amides is 3. The Bertz CT molecular complexity index is 1960. The topological polar surface area (TPSA) is 111 Å². The summed E-state index contributed by atoms with van der Waals surface area (Å²) < 4.78 is 6.12. The molecule has 2 N–H and O–H groups in total. The van der Waals surface area contributed by atoms with Gasteiger partial charge < -0.3 is 24.7 Å². The Morgan fingerprint density at radius 2 is 1.73 bits per heavy atom. The summed E-state index contributed by atoms with van der Waals surface area (Å²) in [6.07, 6.45) is 5.12. The highest BCUT2D eigenvalue weighted by molar-refractivity contribution is 6.31. The van der Waals surface area contributed by atoms with Crippen LogP contribution in [-0.2, 0) is 21.7 Å². The van der Waals surface area contributed by atoms with Gasteiger partial charge in [-0.2, -0.15) is 0 Å². The number of nitrogens with zero attached hydrogens (tertiary/aromatic N) is 3. The predicted molar refractivity (Wildman–Crippen MR) is 187 cm³/mol. The molecule has 250 valence electrons. The zero-order valence-corrected chi connectivity index (χ0v) is 27.7. The molecule has 0 bridgehead atoms. The van der Waals surface area contributed by atoms with Crippen molar-refractivity contribution in [2.75, 3.05) is 23.0 Å². The van der Waals surface area contributed by atoms with E-state index in [0.29, 0.717) is 51.3 Å². The number of carbonyl (C=O) groups excluding carboxylic acids is 3. The van der Waals surface area contributed by atoms with E-state index in [0.717, 1.165) is 18.4 Å². The lowest BCUT2D eigenvalue weighted by Crippen LogP contribution is -2.44. The van der Waals surface area contributed by atoms with Gasteiger partial charge in [-0.3, -0.25) is 19.3 Å². The number of aliphatic hydroxyl groups excluding tert-OH is 1. The molecule has 0 unspecified atom stereocenters. The lowest BCUT2D eigenvalue weighted by Gasteiger charge is -2.28. The summed E-state index contributed by atoms with van der Waals surface area (Å²) in [6.45, 7) is 2.46. The number of carbonyl (C=O) groups is 3. The highest BCUT2D eigenvalue weighted by atomic mass is 35.5. The van der Waals surface area contributed by atoms with Gasteiger partial charge in [-0.25, -0.2) is 0 Å². The average Bonchev–Trinajstić information content (AvgIpc) is 3.64. The number of aliphatic hydroxyl groups is 2. The summed E-state index contributed by atoms with van der Waals surface area (Å²) in [6, 6.07) is 26.8. The van der Waals surface area contributed by atoms with Crippen molar-refractivity contribution in [1.82, 2.24) is 4.90 Å². The van der Waals surface area contributed by atoms with Crippen LogP contribution < -0.4 is 14.5 Å². The quantitative estimate of drug-likeness (QED) is 0.200. The van der Waals surface area contributed by atoms with Crippen LogP contribution in [0.25, 0.3) is 0 Å². The third-order valence-corrected chi connectivity index (χ3v) is 9.93. The van der Waals surface area contributed by atoms with Crippen LogP contribution >= 0.6 is 11.6 Å². The van der Waals surface area contributed by atoms with Crippen LogP contribution in [0.5, 0.6) is 11.5 Å². The molecule has 4 aromatic carbocycles. The number of para-hydroxylation sites is 3. The monoisotopic (exact) mass is 677 g/mol. The first-order valence-corrected chi connectivity index (χ1v) is 16.8. The van der Waals surface area contributed by atoms with E-state index in [2.05, 4.69) is 0 Å². The van der Waals surface area contributed by atoms with Crippen LogP contribution in [0.1, 0.15) is 47.7 Å². The highest BCUT2D eigenvalue weighted by Crippen LogP contribution is 2.47. The number of rotatable bonds is 8. The summed E-state index contributed by atoms with van der Waals surface area (Å²) >= 11 is 6.37. The molecule has 1 saturated heterocycles. The SMILES string of the molecule is C[C@@H](/C=C/CC(=O)N1CCC[C@H]1CO)[C@]1(O)C(=O)N(Cc2ccc(N3C(=O)c4ccccc4Oc4ccccc43)cc2)c2ccc(Cl)cc21. The van der Waals surface area contributed by atoms with Gasteiger partial charge in [-0.15, -0.1) is 0 Å². The average molecular weight is 678 g/mol. The smallest absolute Gasteiger partial charge is 0.266 e. The van der Waals surface area contributed by atoms with Gasteiger partial charge in [0.15, 0.2) is 11.4 Å². The van der Waals surface area contributed by atoms with Crippen LogP contribution in [-0.4, -0.2) is 52.0 Å². The van der Waals surface area contributed by atoms with Crippen molar-refractivity contribution >= 4 is 46.4 Å². The van der Waals surface area contributed by atoms with Crippen molar-refractivity contribution in [3.05, 3.63) is 125 Å². The minimum absolute atomic E-state index is 0.0654. The van der Waals surface area contributed by atoms with Gasteiger partial charge >= 0.3 is 0 Å². The molecule has 0 aromatic heterocycles. The molecule has 9 nitrogen and oxygen atoms in total. The first-order chi connectivity index (χ1) is 23.7. The molecule has 1 fully saturated rings. The Labute approximate surface area is 289 Å². The van der Waals surface area contributed by atoms with Crippen molar-refractivity contribution in [3.8, 4) is 11.5 Å². The number of fused-ring (bicyclic) bond motifs is 3. The molecule has 10 heteroatoms. The standard InChI is InChI=1S/C39H36ClN3O6/c1-25(8-6-14-36(45)41-21-7-9-29(41)24-44)39(48)31-22-27(40)17-20-32(31)42(38(39)47)23-26-15-18-28(19-16-26)43-33-11-3-5-13-35(33)49-34-12-4-2-10-30(34)37(43)46/h2-6,8,10-13,15-20,22,25,29,44,48H,7,9,14,21,23-24H2,1H3/b8-6+/t25-,29-,39+/m0/s1. The maximum Gasteiger partial charge on any atom is 0.266 e. The maximum atomic E-state index is 14.1. The molecule has 3 aliphatic rings. The van der Waals surface area contributed by atoms with Crippen molar-refractivity contribution in [2.45, 2.75) is 44.4 Å². The van der Waals surface area contributed by atoms with Gasteiger partial charge in [0.05, 0.1) is 36.1 Å². The molecular formula is C39H36ClN3O6. The van der Waals surface area contributed by atoms with E-state index in [4.69, 9.17) is 16.3 Å². The summed E-state index contributed by atoms with van der Waals surface area (Å²) in [7, 11) is 0. The Morgan fingerprint density at radius 1 is 1.00 bits per heavy atom. The van der Waals surface area contributed by atoms with Gasteiger partial charge in [-0.1, -0.05) is 67.1 Å². The largest absolute Gasteiger partial charge is 0.454 e. The molecule has 7 rings (SSSR count). The van der Waals surface area contributed by atoms with E-state index in [1.54, 1.807) is 70.2 Å². The summed E-state index contributed by atoms with van der Waals surface area (Å²) in [4.78, 5) is 45.6. The zero-order valence-electron chi connectivity index (χ0n) is 27.0. The molecule has 0 radical (unpaired) electrons. The second-order valence-corrected chi connectivity index (χ2v) is 13.1. The molecule has 3 atom stereocenters. The Hall–Kier alpha value is -4.96. The number of likely N-dealkylation sites (tertiary alicyclic amines) is 1. The second kappa shape index (κ2) is 13.2. The lowest BCUT2D eigenvalue weighted by atomic mass is 9.83. The van der Waals surface area contributed by atoms with Crippen molar-refractivity contribution < 1.29 is 29.3 Å². The molecular weight excluding hydrogens is 642 g/mol. The van der Waals surface area contributed by atoms with Gasteiger partial charge in [0.2, 0.25) is 5.91 Å². The van der Waals surface area contributed by atoms with E-state index in [1.807, 2.05) is 54.6 Å². The number of hydrogen-bond donors (Lipinski definition) is 2. The molecule has 3 heterocycles. The maximum absolute atomic E-state index is 14.1. The first kappa shape index (κ1) is 32.6. The van der Waals surface area contributed by atoms with Crippen LogP contribution in [0.2, 0.25) is 5.02 Å². The fourth-order valence-electron chi connectivity index (χ4n) is 7.06. The van der Waals surface area contributed by atoms with Gasteiger partial charge in [-0.05, 0) is 73.0 Å². The summed E-state index contributed by atoms with van der Waals surface area (Å²) in [5.41, 5.74) is 1.51. The zero-order chi connectivity index (χ0) is 34.3. The van der Waals surface area contributed by atoms with Gasteiger partial charge in [0.25, 0.3) is 11.8 Å². The number of anilines is 3. The van der Waals surface area contributed by atoms with Crippen LogP contribution in [0, 0.1) is 5.92 Å².